The molecule has 0 bridgehead atoms. The summed E-state index contributed by atoms with van der Waals surface area (Å²) in [6.45, 7) is 1.15. The summed E-state index contributed by atoms with van der Waals surface area (Å²) in [6, 6.07) is 11.7. The van der Waals surface area contributed by atoms with Gasteiger partial charge in [0.1, 0.15) is 0 Å². The van der Waals surface area contributed by atoms with Gasteiger partial charge in [-0.05, 0) is 30.3 Å². The SMILES string of the molecule is O=S(=O)(c1cccc(C(F)(F)F)c1)N1CCN(c2nc(-c3cccc(Br)c3)cs2)CC1. The van der Waals surface area contributed by atoms with E-state index in [1.54, 1.807) is 0 Å². The van der Waals surface area contributed by atoms with Gasteiger partial charge in [0.25, 0.3) is 0 Å². The van der Waals surface area contributed by atoms with E-state index < -0.39 is 21.8 Å². The first-order valence-electron chi connectivity index (χ1n) is 9.28. The lowest BCUT2D eigenvalue weighted by molar-refractivity contribution is -0.137. The Balaban J connectivity index is 1.46. The fourth-order valence-electron chi connectivity index (χ4n) is 3.29. The molecular weight excluding hydrogens is 515 g/mol. The van der Waals surface area contributed by atoms with Gasteiger partial charge in [0, 0.05) is 41.6 Å². The number of thiazole rings is 1. The highest BCUT2D eigenvalue weighted by molar-refractivity contribution is 9.10. The van der Waals surface area contributed by atoms with E-state index >= 15 is 0 Å². The van der Waals surface area contributed by atoms with E-state index in [9.17, 15) is 21.6 Å². The molecule has 164 valence electrons. The number of anilines is 1. The maximum Gasteiger partial charge on any atom is 0.416 e. The number of piperazine rings is 1. The lowest BCUT2D eigenvalue weighted by Gasteiger charge is -2.33. The summed E-state index contributed by atoms with van der Waals surface area (Å²) in [5.74, 6) is 0. The number of hydrogen-bond acceptors (Lipinski definition) is 5. The molecule has 0 amide bonds. The number of sulfonamides is 1. The molecule has 2 aromatic carbocycles. The highest BCUT2D eigenvalue weighted by atomic mass is 79.9. The normalized spacial score (nSPS) is 15.9. The number of nitrogens with zero attached hydrogens (tertiary/aromatic N) is 3. The van der Waals surface area contributed by atoms with Crippen LogP contribution >= 0.6 is 27.3 Å². The van der Waals surface area contributed by atoms with Gasteiger partial charge < -0.3 is 4.90 Å². The predicted molar refractivity (Wildman–Crippen MR) is 118 cm³/mol. The molecule has 0 atom stereocenters. The molecule has 4 rings (SSSR count). The van der Waals surface area contributed by atoms with Crippen LogP contribution in [0.25, 0.3) is 11.3 Å². The molecule has 3 aromatic rings. The van der Waals surface area contributed by atoms with Crippen LogP contribution in [0.15, 0.2) is 63.3 Å². The number of benzene rings is 2. The van der Waals surface area contributed by atoms with Crippen molar-refractivity contribution in [2.75, 3.05) is 31.1 Å². The van der Waals surface area contributed by atoms with Crippen molar-refractivity contribution in [3.05, 3.63) is 63.9 Å². The molecule has 0 saturated carbocycles. The maximum atomic E-state index is 13.0. The van der Waals surface area contributed by atoms with E-state index in [1.165, 1.54) is 21.7 Å². The Labute approximate surface area is 190 Å². The quantitative estimate of drug-likeness (QED) is 0.469. The van der Waals surface area contributed by atoms with Crippen molar-refractivity contribution in [1.82, 2.24) is 9.29 Å². The van der Waals surface area contributed by atoms with Crippen molar-refractivity contribution in [2.24, 2.45) is 0 Å². The second-order valence-corrected chi connectivity index (χ2v) is 10.6. The number of halogens is 4. The van der Waals surface area contributed by atoms with Crippen LogP contribution in [0.3, 0.4) is 0 Å². The first kappa shape index (κ1) is 22.3. The zero-order chi connectivity index (χ0) is 22.2. The van der Waals surface area contributed by atoms with Crippen LogP contribution in [0.4, 0.5) is 18.3 Å². The minimum Gasteiger partial charge on any atom is -0.345 e. The van der Waals surface area contributed by atoms with Crippen LogP contribution in [0.1, 0.15) is 5.56 Å². The number of rotatable bonds is 4. The van der Waals surface area contributed by atoms with Gasteiger partial charge in [-0.3, -0.25) is 0 Å². The Hall–Kier alpha value is -1.95. The maximum absolute atomic E-state index is 13.0. The molecule has 31 heavy (non-hydrogen) atoms. The Morgan fingerprint density at radius 2 is 1.71 bits per heavy atom. The first-order valence-corrected chi connectivity index (χ1v) is 12.4. The Bertz CT molecular complexity index is 1190. The Kier molecular flexibility index (Phi) is 6.12. The van der Waals surface area contributed by atoms with Crippen LogP contribution in [-0.2, 0) is 16.2 Å². The van der Waals surface area contributed by atoms with E-state index in [4.69, 9.17) is 0 Å². The molecule has 2 heterocycles. The van der Waals surface area contributed by atoms with Crippen molar-refractivity contribution in [3.8, 4) is 11.3 Å². The van der Waals surface area contributed by atoms with Crippen molar-refractivity contribution >= 4 is 42.4 Å². The zero-order valence-electron chi connectivity index (χ0n) is 16.0. The van der Waals surface area contributed by atoms with E-state index in [-0.39, 0.29) is 18.0 Å². The topological polar surface area (TPSA) is 53.5 Å². The van der Waals surface area contributed by atoms with Crippen LogP contribution in [-0.4, -0.2) is 43.9 Å². The number of alkyl halides is 3. The van der Waals surface area contributed by atoms with Crippen LogP contribution in [0.2, 0.25) is 0 Å². The van der Waals surface area contributed by atoms with Crippen LogP contribution in [0, 0.1) is 0 Å². The fourth-order valence-corrected chi connectivity index (χ4v) is 6.05. The van der Waals surface area contributed by atoms with Crippen molar-refractivity contribution in [2.45, 2.75) is 11.1 Å². The third-order valence-corrected chi connectivity index (χ3v) is 8.21. The minimum absolute atomic E-state index is 0.171. The molecule has 0 N–H and O–H groups in total. The van der Waals surface area contributed by atoms with Crippen molar-refractivity contribution < 1.29 is 21.6 Å². The standard InChI is InChI=1S/C20H17BrF3N3O2S2/c21-16-5-1-3-14(11-16)18-13-30-19(25-18)26-7-9-27(10-8-26)31(28,29)17-6-2-4-15(12-17)20(22,23)24/h1-6,11-13H,7-10H2. The highest BCUT2D eigenvalue weighted by Gasteiger charge is 2.34. The van der Waals surface area contributed by atoms with Gasteiger partial charge in [-0.25, -0.2) is 13.4 Å². The fraction of sp³-hybridized carbons (Fsp3) is 0.250. The molecule has 1 aliphatic rings. The molecule has 0 aliphatic carbocycles. The zero-order valence-corrected chi connectivity index (χ0v) is 19.2. The highest BCUT2D eigenvalue weighted by Crippen LogP contribution is 2.32. The van der Waals surface area contributed by atoms with E-state index in [0.29, 0.717) is 19.2 Å². The van der Waals surface area contributed by atoms with E-state index in [0.717, 1.165) is 33.0 Å². The molecule has 1 saturated heterocycles. The molecule has 0 radical (unpaired) electrons. The molecule has 0 unspecified atom stereocenters. The summed E-state index contributed by atoms with van der Waals surface area (Å²) in [6.07, 6.45) is -4.60. The average Bonchev–Trinajstić information content (AvgIpc) is 3.24. The molecule has 1 fully saturated rings. The van der Waals surface area contributed by atoms with Gasteiger partial charge in [0.15, 0.2) is 5.13 Å². The summed E-state index contributed by atoms with van der Waals surface area (Å²) in [5, 5.41) is 2.73. The molecular formula is C20H17BrF3N3O2S2. The van der Waals surface area contributed by atoms with Crippen LogP contribution < -0.4 is 4.90 Å². The van der Waals surface area contributed by atoms with E-state index in [2.05, 4.69) is 20.9 Å². The predicted octanol–water partition coefficient (Wildman–Crippen LogP) is 5.10. The Morgan fingerprint density at radius 1 is 1.00 bits per heavy atom. The van der Waals surface area contributed by atoms with Gasteiger partial charge in [0.05, 0.1) is 16.2 Å². The number of hydrogen-bond donors (Lipinski definition) is 0. The second kappa shape index (κ2) is 8.53. The molecule has 0 spiro atoms. The van der Waals surface area contributed by atoms with Gasteiger partial charge in [-0.2, -0.15) is 17.5 Å². The van der Waals surface area contributed by atoms with Crippen LogP contribution in [0.5, 0.6) is 0 Å². The summed E-state index contributed by atoms with van der Waals surface area (Å²) >= 11 is 4.92. The second-order valence-electron chi connectivity index (χ2n) is 6.94. The monoisotopic (exact) mass is 531 g/mol. The largest absolute Gasteiger partial charge is 0.416 e. The van der Waals surface area contributed by atoms with Crippen molar-refractivity contribution in [3.63, 3.8) is 0 Å². The molecule has 5 nitrogen and oxygen atoms in total. The molecule has 11 heteroatoms. The lowest BCUT2D eigenvalue weighted by Crippen LogP contribution is -2.48. The first-order chi connectivity index (χ1) is 14.6. The lowest BCUT2D eigenvalue weighted by atomic mass is 10.2. The molecule has 1 aliphatic heterocycles. The van der Waals surface area contributed by atoms with Gasteiger partial charge in [-0.1, -0.05) is 34.1 Å². The van der Waals surface area contributed by atoms with Gasteiger partial charge in [-0.15, -0.1) is 11.3 Å². The number of aromatic nitrogens is 1. The molecule has 1 aromatic heterocycles. The minimum atomic E-state index is -4.60. The van der Waals surface area contributed by atoms with E-state index in [1.807, 2.05) is 34.5 Å². The summed E-state index contributed by atoms with van der Waals surface area (Å²) in [5.41, 5.74) is 0.832. The van der Waals surface area contributed by atoms with Gasteiger partial charge in [0.2, 0.25) is 10.0 Å². The average molecular weight is 532 g/mol. The third kappa shape index (κ3) is 4.79. The Morgan fingerprint density at radius 3 is 2.39 bits per heavy atom. The summed E-state index contributed by atoms with van der Waals surface area (Å²) < 4.78 is 66.8. The summed E-state index contributed by atoms with van der Waals surface area (Å²) in [4.78, 5) is 6.30. The summed E-state index contributed by atoms with van der Waals surface area (Å²) in [7, 11) is -4.01. The van der Waals surface area contributed by atoms with Crippen molar-refractivity contribution in [1.29, 1.82) is 0 Å². The smallest absolute Gasteiger partial charge is 0.345 e. The third-order valence-electron chi connectivity index (χ3n) is 4.92. The van der Waals surface area contributed by atoms with Gasteiger partial charge >= 0.3 is 6.18 Å².